The molecule has 0 unspecified atom stereocenters. The number of benzene rings is 2. The maximum atomic E-state index is 5.97. The third-order valence-corrected chi connectivity index (χ3v) is 3.95. The third kappa shape index (κ3) is 4.69. The van der Waals surface area contributed by atoms with Gasteiger partial charge in [0, 0.05) is 10.6 Å². The van der Waals surface area contributed by atoms with E-state index in [4.69, 9.17) is 22.1 Å². The summed E-state index contributed by atoms with van der Waals surface area (Å²) in [5.74, 6) is 1.91. The molecule has 2 nitrogen and oxygen atoms in total. The van der Waals surface area contributed by atoms with E-state index in [1.165, 1.54) is 0 Å². The molecule has 0 atom stereocenters. The second-order valence-electron chi connectivity index (χ2n) is 4.05. The largest absolute Gasteiger partial charge is 0.494 e. The number of halogens is 1. The van der Waals surface area contributed by atoms with Gasteiger partial charge in [0.15, 0.2) is 0 Å². The average molecular weight is 294 g/mol. The molecule has 19 heavy (non-hydrogen) atoms. The van der Waals surface area contributed by atoms with Gasteiger partial charge in [-0.3, -0.25) is 0 Å². The van der Waals surface area contributed by atoms with Crippen molar-refractivity contribution in [2.24, 2.45) is 0 Å². The summed E-state index contributed by atoms with van der Waals surface area (Å²) < 4.78 is 5.63. The fourth-order valence-corrected chi connectivity index (χ4v) is 2.66. The molecule has 2 aromatic carbocycles. The second kappa shape index (κ2) is 7.31. The van der Waals surface area contributed by atoms with Crippen molar-refractivity contribution >= 4 is 29.1 Å². The lowest BCUT2D eigenvalue weighted by atomic mass is 10.3. The van der Waals surface area contributed by atoms with Crippen molar-refractivity contribution in [3.8, 4) is 5.75 Å². The molecule has 0 saturated heterocycles. The first-order valence-corrected chi connectivity index (χ1v) is 7.48. The molecule has 0 spiro atoms. The molecule has 0 saturated carbocycles. The number of ether oxygens (including phenoxy) is 1. The SMILES string of the molecule is Nc1ccc(SCCCOc2ccccc2)cc1Cl. The third-order valence-electron chi connectivity index (χ3n) is 2.54. The highest BCUT2D eigenvalue weighted by Gasteiger charge is 1.99. The van der Waals surface area contributed by atoms with E-state index in [0.29, 0.717) is 10.7 Å². The number of nitrogens with two attached hydrogens (primary N) is 1. The Morgan fingerprint density at radius 3 is 2.63 bits per heavy atom. The molecule has 2 aromatic rings. The van der Waals surface area contributed by atoms with Crippen LogP contribution in [-0.2, 0) is 0 Å². The van der Waals surface area contributed by atoms with Gasteiger partial charge < -0.3 is 10.5 Å². The summed E-state index contributed by atoms with van der Waals surface area (Å²) in [4.78, 5) is 1.14. The zero-order valence-electron chi connectivity index (χ0n) is 10.5. The lowest BCUT2D eigenvalue weighted by Gasteiger charge is -2.06. The van der Waals surface area contributed by atoms with Gasteiger partial charge >= 0.3 is 0 Å². The first kappa shape index (κ1) is 14.1. The first-order valence-electron chi connectivity index (χ1n) is 6.11. The van der Waals surface area contributed by atoms with Crippen molar-refractivity contribution in [1.29, 1.82) is 0 Å². The minimum Gasteiger partial charge on any atom is -0.494 e. The molecule has 0 heterocycles. The topological polar surface area (TPSA) is 35.2 Å². The zero-order chi connectivity index (χ0) is 13.5. The summed E-state index contributed by atoms with van der Waals surface area (Å²) >= 11 is 7.73. The van der Waals surface area contributed by atoms with Gasteiger partial charge in [0.1, 0.15) is 5.75 Å². The Balaban J connectivity index is 1.68. The van der Waals surface area contributed by atoms with Gasteiger partial charge in [-0.15, -0.1) is 11.8 Å². The van der Waals surface area contributed by atoms with E-state index in [-0.39, 0.29) is 0 Å². The van der Waals surface area contributed by atoms with Crippen LogP contribution < -0.4 is 10.5 Å². The van der Waals surface area contributed by atoms with Crippen molar-refractivity contribution in [2.45, 2.75) is 11.3 Å². The number of hydrogen-bond donors (Lipinski definition) is 1. The quantitative estimate of drug-likeness (QED) is 0.484. The fourth-order valence-electron chi connectivity index (χ4n) is 1.55. The van der Waals surface area contributed by atoms with Gasteiger partial charge in [-0.25, -0.2) is 0 Å². The molecule has 4 heteroatoms. The van der Waals surface area contributed by atoms with Crippen LogP contribution in [0.5, 0.6) is 5.75 Å². The summed E-state index contributed by atoms with van der Waals surface area (Å²) in [7, 11) is 0. The molecule has 0 aliphatic rings. The zero-order valence-corrected chi connectivity index (χ0v) is 12.1. The van der Waals surface area contributed by atoms with Gasteiger partial charge in [0.2, 0.25) is 0 Å². The van der Waals surface area contributed by atoms with Crippen LogP contribution in [0.2, 0.25) is 5.02 Å². The Hall–Kier alpha value is -1.32. The van der Waals surface area contributed by atoms with Crippen LogP contribution >= 0.6 is 23.4 Å². The lowest BCUT2D eigenvalue weighted by molar-refractivity contribution is 0.319. The van der Waals surface area contributed by atoms with E-state index < -0.39 is 0 Å². The van der Waals surface area contributed by atoms with Gasteiger partial charge in [-0.2, -0.15) is 0 Å². The van der Waals surface area contributed by atoms with E-state index in [1.54, 1.807) is 11.8 Å². The van der Waals surface area contributed by atoms with Crippen LogP contribution in [0.1, 0.15) is 6.42 Å². The van der Waals surface area contributed by atoms with Crippen LogP contribution in [0.15, 0.2) is 53.4 Å². The number of rotatable bonds is 6. The Kier molecular flexibility index (Phi) is 5.43. The minimum absolute atomic E-state index is 0.616. The van der Waals surface area contributed by atoms with Crippen LogP contribution in [-0.4, -0.2) is 12.4 Å². The fraction of sp³-hybridized carbons (Fsp3) is 0.200. The molecule has 0 fully saturated rings. The highest BCUT2D eigenvalue weighted by molar-refractivity contribution is 7.99. The number of thioether (sulfide) groups is 1. The van der Waals surface area contributed by atoms with Crippen LogP contribution in [0.4, 0.5) is 5.69 Å². The van der Waals surface area contributed by atoms with Gasteiger partial charge in [-0.1, -0.05) is 29.8 Å². The standard InChI is InChI=1S/C15H16ClNOS/c16-14-11-13(7-8-15(14)17)19-10-4-9-18-12-5-2-1-3-6-12/h1-3,5-8,11H,4,9-10,17H2. The molecule has 2 rings (SSSR count). The van der Waals surface area contributed by atoms with E-state index in [0.717, 1.165) is 29.4 Å². The summed E-state index contributed by atoms with van der Waals surface area (Å²) in [6.07, 6.45) is 0.988. The van der Waals surface area contributed by atoms with Crippen LogP contribution in [0.25, 0.3) is 0 Å². The van der Waals surface area contributed by atoms with Crippen molar-refractivity contribution in [3.05, 3.63) is 53.6 Å². The van der Waals surface area contributed by atoms with Crippen molar-refractivity contribution in [2.75, 3.05) is 18.1 Å². The molecule has 100 valence electrons. The first-order chi connectivity index (χ1) is 9.25. The number of nitrogen functional groups attached to an aromatic ring is 1. The Bertz CT molecular complexity index is 519. The normalized spacial score (nSPS) is 10.4. The molecule has 0 amide bonds. The van der Waals surface area contributed by atoms with E-state index in [9.17, 15) is 0 Å². The summed E-state index contributed by atoms with van der Waals surface area (Å²) in [6, 6.07) is 15.6. The van der Waals surface area contributed by atoms with Crippen molar-refractivity contribution in [1.82, 2.24) is 0 Å². The molecular formula is C15H16ClNOS. The predicted octanol–water partition coefficient (Wildman–Crippen LogP) is 4.48. The number of anilines is 1. The van der Waals surface area contributed by atoms with Gasteiger partial charge in [0.25, 0.3) is 0 Å². The molecule has 2 N–H and O–H groups in total. The maximum Gasteiger partial charge on any atom is 0.119 e. The Labute approximate surface area is 122 Å². The summed E-state index contributed by atoms with van der Waals surface area (Å²) in [5, 5.41) is 0.616. The molecular weight excluding hydrogens is 278 g/mol. The number of para-hydroxylation sites is 1. The lowest BCUT2D eigenvalue weighted by Crippen LogP contribution is -1.98. The number of hydrogen-bond acceptors (Lipinski definition) is 3. The Morgan fingerprint density at radius 2 is 1.89 bits per heavy atom. The smallest absolute Gasteiger partial charge is 0.119 e. The van der Waals surface area contributed by atoms with Crippen LogP contribution in [0.3, 0.4) is 0 Å². The van der Waals surface area contributed by atoms with E-state index >= 15 is 0 Å². The predicted molar refractivity (Wildman–Crippen MR) is 83.1 cm³/mol. The molecule has 0 aliphatic heterocycles. The summed E-state index contributed by atoms with van der Waals surface area (Å²) in [5.41, 5.74) is 6.29. The molecule has 0 radical (unpaired) electrons. The van der Waals surface area contributed by atoms with Crippen molar-refractivity contribution < 1.29 is 4.74 Å². The van der Waals surface area contributed by atoms with E-state index in [1.807, 2.05) is 48.5 Å². The van der Waals surface area contributed by atoms with Gasteiger partial charge in [0.05, 0.1) is 17.3 Å². The highest BCUT2D eigenvalue weighted by Crippen LogP contribution is 2.26. The molecule has 0 aromatic heterocycles. The second-order valence-corrected chi connectivity index (χ2v) is 5.62. The monoisotopic (exact) mass is 293 g/mol. The molecule has 0 aliphatic carbocycles. The molecule has 0 bridgehead atoms. The highest BCUT2D eigenvalue weighted by atomic mass is 35.5. The van der Waals surface area contributed by atoms with Gasteiger partial charge in [-0.05, 0) is 36.8 Å². The Morgan fingerprint density at radius 1 is 1.11 bits per heavy atom. The van der Waals surface area contributed by atoms with E-state index in [2.05, 4.69) is 0 Å². The van der Waals surface area contributed by atoms with Crippen molar-refractivity contribution in [3.63, 3.8) is 0 Å². The minimum atomic E-state index is 0.616. The van der Waals surface area contributed by atoms with Crippen LogP contribution in [0, 0.1) is 0 Å². The summed E-state index contributed by atoms with van der Waals surface area (Å²) in [6.45, 7) is 0.722. The average Bonchev–Trinajstić information content (AvgIpc) is 2.43. The maximum absolute atomic E-state index is 5.97.